The molecular weight excluding hydrogens is 362 g/mol. The van der Waals surface area contributed by atoms with Gasteiger partial charge in [-0.2, -0.15) is 0 Å². The quantitative estimate of drug-likeness (QED) is 0.579. The Bertz CT molecular complexity index is 970. The number of aldehydes is 1. The van der Waals surface area contributed by atoms with Crippen LogP contribution in [0.3, 0.4) is 0 Å². The van der Waals surface area contributed by atoms with Gasteiger partial charge in [-0.1, -0.05) is 78.9 Å². The lowest BCUT2D eigenvalue weighted by Crippen LogP contribution is -2.40. The molecule has 146 valence electrons. The van der Waals surface area contributed by atoms with Gasteiger partial charge >= 0.3 is 6.09 Å². The SMILES string of the molecule is CN(C(=O)OCC1c2ccccc2-c2ccccc21)[C@@H](C=O)Cc1ccccc1. The van der Waals surface area contributed by atoms with Crippen LogP contribution in [0.4, 0.5) is 4.79 Å². The summed E-state index contributed by atoms with van der Waals surface area (Å²) in [7, 11) is 1.61. The van der Waals surface area contributed by atoms with Crippen molar-refractivity contribution < 1.29 is 14.3 Å². The Balaban J connectivity index is 1.46. The molecule has 0 unspecified atom stereocenters. The van der Waals surface area contributed by atoms with Gasteiger partial charge in [0.25, 0.3) is 0 Å². The first-order valence-corrected chi connectivity index (χ1v) is 9.76. The summed E-state index contributed by atoms with van der Waals surface area (Å²) in [5.41, 5.74) is 5.71. The van der Waals surface area contributed by atoms with Gasteiger partial charge in [0.2, 0.25) is 0 Å². The standard InChI is InChI=1S/C25H23NO3/c1-26(19(16-27)15-18-9-3-2-4-10-18)25(28)29-17-24-22-13-7-5-11-20(22)21-12-6-8-14-23(21)24/h2-14,16,19,24H,15,17H2,1H3/t19-/m1/s1. The van der Waals surface area contributed by atoms with Gasteiger partial charge in [0.05, 0.1) is 6.04 Å². The van der Waals surface area contributed by atoms with Crippen molar-refractivity contribution in [1.82, 2.24) is 4.90 Å². The molecule has 1 atom stereocenters. The van der Waals surface area contributed by atoms with E-state index in [-0.39, 0.29) is 12.5 Å². The Morgan fingerprint density at radius 3 is 2.07 bits per heavy atom. The molecule has 0 saturated heterocycles. The van der Waals surface area contributed by atoms with Crippen molar-refractivity contribution in [3.05, 3.63) is 95.6 Å². The second-order valence-electron chi connectivity index (χ2n) is 7.31. The van der Waals surface area contributed by atoms with E-state index in [1.807, 2.05) is 54.6 Å². The van der Waals surface area contributed by atoms with E-state index in [9.17, 15) is 9.59 Å². The predicted molar refractivity (Wildman–Crippen MR) is 113 cm³/mol. The van der Waals surface area contributed by atoms with Gasteiger partial charge in [0, 0.05) is 13.0 Å². The first kappa shape index (κ1) is 18.9. The number of likely N-dealkylation sites (N-methyl/N-ethyl adjacent to an activating group) is 1. The van der Waals surface area contributed by atoms with Crippen molar-refractivity contribution in [2.45, 2.75) is 18.4 Å². The average Bonchev–Trinajstić information content (AvgIpc) is 3.10. The maximum absolute atomic E-state index is 12.7. The number of carbonyl (C=O) groups excluding carboxylic acids is 2. The van der Waals surface area contributed by atoms with Gasteiger partial charge in [0.15, 0.2) is 0 Å². The van der Waals surface area contributed by atoms with Gasteiger partial charge in [-0.15, -0.1) is 0 Å². The number of benzene rings is 3. The fourth-order valence-corrected chi connectivity index (χ4v) is 3.96. The third kappa shape index (κ3) is 3.79. The molecule has 0 bridgehead atoms. The summed E-state index contributed by atoms with van der Waals surface area (Å²) in [4.78, 5) is 25.6. The number of ether oxygens (including phenoxy) is 1. The maximum atomic E-state index is 12.7. The molecule has 0 N–H and O–H groups in total. The van der Waals surface area contributed by atoms with Crippen LogP contribution in [0.25, 0.3) is 11.1 Å². The highest BCUT2D eigenvalue weighted by Gasteiger charge is 2.30. The molecule has 0 fully saturated rings. The smallest absolute Gasteiger partial charge is 0.410 e. The summed E-state index contributed by atoms with van der Waals surface area (Å²) >= 11 is 0. The van der Waals surface area contributed by atoms with Crippen molar-refractivity contribution in [2.24, 2.45) is 0 Å². The number of nitrogens with zero attached hydrogens (tertiary/aromatic N) is 1. The Kier molecular flexibility index (Phi) is 5.43. The maximum Gasteiger partial charge on any atom is 0.410 e. The van der Waals surface area contributed by atoms with Crippen LogP contribution in [0.1, 0.15) is 22.6 Å². The molecule has 4 rings (SSSR count). The second-order valence-corrected chi connectivity index (χ2v) is 7.31. The highest BCUT2D eigenvalue weighted by molar-refractivity contribution is 5.79. The molecule has 1 aliphatic rings. The molecule has 0 saturated carbocycles. The lowest BCUT2D eigenvalue weighted by atomic mass is 9.98. The number of rotatable bonds is 6. The van der Waals surface area contributed by atoms with Crippen LogP contribution >= 0.6 is 0 Å². The summed E-state index contributed by atoms with van der Waals surface area (Å²) in [6.07, 6.45) is 0.777. The van der Waals surface area contributed by atoms with Crippen molar-refractivity contribution >= 4 is 12.4 Å². The Hall–Kier alpha value is -3.40. The third-order valence-electron chi connectivity index (χ3n) is 5.57. The minimum atomic E-state index is -0.562. The molecule has 0 heterocycles. The molecule has 4 heteroatoms. The molecule has 4 nitrogen and oxygen atoms in total. The van der Waals surface area contributed by atoms with Gasteiger partial charge in [-0.25, -0.2) is 4.79 Å². The van der Waals surface area contributed by atoms with E-state index in [2.05, 4.69) is 24.3 Å². The zero-order valence-electron chi connectivity index (χ0n) is 16.3. The number of hydrogen-bond donors (Lipinski definition) is 0. The zero-order chi connectivity index (χ0) is 20.2. The van der Waals surface area contributed by atoms with Crippen molar-refractivity contribution in [2.75, 3.05) is 13.7 Å². The number of fused-ring (bicyclic) bond motifs is 3. The fraction of sp³-hybridized carbons (Fsp3) is 0.200. The van der Waals surface area contributed by atoms with Crippen LogP contribution < -0.4 is 0 Å². The van der Waals surface area contributed by atoms with Crippen LogP contribution in [-0.2, 0) is 16.0 Å². The van der Waals surface area contributed by atoms with Crippen LogP contribution in [0, 0.1) is 0 Å². The Labute approximate surface area is 170 Å². The minimum absolute atomic E-state index is 0.00329. The van der Waals surface area contributed by atoms with E-state index in [0.29, 0.717) is 6.42 Å². The lowest BCUT2D eigenvalue weighted by molar-refractivity contribution is -0.111. The van der Waals surface area contributed by atoms with Crippen LogP contribution in [0.15, 0.2) is 78.9 Å². The van der Waals surface area contributed by atoms with Crippen molar-refractivity contribution in [3.8, 4) is 11.1 Å². The van der Waals surface area contributed by atoms with Gasteiger partial charge in [0.1, 0.15) is 12.9 Å². The topological polar surface area (TPSA) is 46.6 Å². The van der Waals surface area contributed by atoms with Gasteiger partial charge < -0.3 is 14.4 Å². The average molecular weight is 385 g/mol. The second kappa shape index (κ2) is 8.31. The van der Waals surface area contributed by atoms with E-state index >= 15 is 0 Å². The first-order chi connectivity index (χ1) is 14.2. The summed E-state index contributed by atoms with van der Waals surface area (Å²) in [6.45, 7) is 0.244. The first-order valence-electron chi connectivity index (χ1n) is 9.76. The minimum Gasteiger partial charge on any atom is -0.448 e. The van der Waals surface area contributed by atoms with E-state index in [1.54, 1.807) is 7.05 Å². The largest absolute Gasteiger partial charge is 0.448 e. The molecule has 0 spiro atoms. The molecule has 0 aromatic heterocycles. The molecule has 3 aromatic carbocycles. The van der Waals surface area contributed by atoms with Crippen molar-refractivity contribution in [1.29, 1.82) is 0 Å². The summed E-state index contributed by atoms with van der Waals surface area (Å²) < 4.78 is 5.65. The van der Waals surface area contributed by atoms with Crippen LogP contribution in [0.2, 0.25) is 0 Å². The Morgan fingerprint density at radius 1 is 0.931 bits per heavy atom. The van der Waals surface area contributed by atoms with Gasteiger partial charge in [-0.05, 0) is 34.2 Å². The fourth-order valence-electron chi connectivity index (χ4n) is 3.96. The molecule has 29 heavy (non-hydrogen) atoms. The van der Waals surface area contributed by atoms with Crippen LogP contribution in [-0.4, -0.2) is 37.0 Å². The van der Waals surface area contributed by atoms with Crippen LogP contribution in [0.5, 0.6) is 0 Å². The number of carbonyl (C=O) groups is 2. The molecular formula is C25H23NO3. The third-order valence-corrected chi connectivity index (χ3v) is 5.57. The highest BCUT2D eigenvalue weighted by atomic mass is 16.6. The lowest BCUT2D eigenvalue weighted by Gasteiger charge is -2.24. The number of hydrogen-bond acceptors (Lipinski definition) is 3. The highest BCUT2D eigenvalue weighted by Crippen LogP contribution is 2.44. The molecule has 1 amide bonds. The predicted octanol–water partition coefficient (Wildman–Crippen LogP) is 4.68. The van der Waals surface area contributed by atoms with Crippen molar-refractivity contribution in [3.63, 3.8) is 0 Å². The molecule has 3 aromatic rings. The number of amides is 1. The zero-order valence-corrected chi connectivity index (χ0v) is 16.3. The normalized spacial score (nSPS) is 13.3. The summed E-state index contributed by atoms with van der Waals surface area (Å²) in [6, 6.07) is 25.5. The molecule has 0 radical (unpaired) electrons. The molecule has 0 aliphatic heterocycles. The monoisotopic (exact) mass is 385 g/mol. The van der Waals surface area contributed by atoms with Gasteiger partial charge in [-0.3, -0.25) is 0 Å². The van der Waals surface area contributed by atoms with E-state index in [4.69, 9.17) is 4.74 Å². The Morgan fingerprint density at radius 2 is 1.48 bits per heavy atom. The summed E-state index contributed by atoms with van der Waals surface area (Å²) in [5.74, 6) is 0.00329. The van der Waals surface area contributed by atoms with E-state index in [0.717, 1.165) is 11.8 Å². The van der Waals surface area contributed by atoms with E-state index < -0.39 is 12.1 Å². The molecule has 1 aliphatic carbocycles. The van der Waals surface area contributed by atoms with E-state index in [1.165, 1.54) is 27.2 Å². The summed E-state index contributed by atoms with van der Waals surface area (Å²) in [5, 5.41) is 0.